The molecule has 0 aromatic carbocycles. The van der Waals surface area contributed by atoms with E-state index < -0.39 is 0 Å². The molecule has 2 atom stereocenters. The Morgan fingerprint density at radius 2 is 2.21 bits per heavy atom. The number of carbonyl (C=O) groups excluding carboxylic acids is 1. The minimum absolute atomic E-state index is 0.00298. The molecule has 0 saturated carbocycles. The van der Waals surface area contributed by atoms with Crippen LogP contribution in [0.3, 0.4) is 0 Å². The van der Waals surface area contributed by atoms with E-state index >= 15 is 0 Å². The topological polar surface area (TPSA) is 80.0 Å². The second-order valence-corrected chi connectivity index (χ2v) is 10.5. The highest BCUT2D eigenvalue weighted by Gasteiger charge is 2.29. The van der Waals surface area contributed by atoms with Crippen molar-refractivity contribution in [1.29, 1.82) is 0 Å². The highest BCUT2D eigenvalue weighted by Crippen LogP contribution is 2.31. The van der Waals surface area contributed by atoms with Crippen LogP contribution in [0.1, 0.15) is 61.2 Å². The predicted octanol–water partition coefficient (Wildman–Crippen LogP) is 4.76. The molecule has 2 N–H and O–H groups in total. The number of thiazole rings is 1. The van der Waals surface area contributed by atoms with Crippen LogP contribution in [0, 0.1) is 5.92 Å². The molecule has 0 radical (unpaired) electrons. The normalized spacial score (nSPS) is 20.0. The zero-order valence-electron chi connectivity index (χ0n) is 16.9. The molecule has 4 rings (SSSR count). The van der Waals surface area contributed by atoms with Crippen LogP contribution in [-0.4, -0.2) is 22.4 Å². The van der Waals surface area contributed by atoms with E-state index in [1.165, 1.54) is 0 Å². The molecule has 1 aliphatic rings. The summed E-state index contributed by atoms with van der Waals surface area (Å²) < 4.78 is 5.88. The Bertz CT molecular complexity index is 956. The number of nitrogens with zero attached hydrogens (tertiary/aromatic N) is 2. The summed E-state index contributed by atoms with van der Waals surface area (Å²) in [5.74, 6) is 1.68. The number of nitrogens with one attached hydrogen (secondary N) is 2. The third-order valence-electron chi connectivity index (χ3n) is 5.05. The third-order valence-corrected chi connectivity index (χ3v) is 6.94. The van der Waals surface area contributed by atoms with Gasteiger partial charge in [0.1, 0.15) is 10.8 Å². The number of anilines is 1. The molecule has 3 aromatic rings. The predicted molar refractivity (Wildman–Crippen MR) is 117 cm³/mol. The average molecular weight is 431 g/mol. The van der Waals surface area contributed by atoms with E-state index in [0.717, 1.165) is 40.0 Å². The summed E-state index contributed by atoms with van der Waals surface area (Å²) >= 11 is 3.21. The number of hydrogen-bond acceptors (Lipinski definition) is 7. The summed E-state index contributed by atoms with van der Waals surface area (Å²) in [5, 5.41) is 10.5. The van der Waals surface area contributed by atoms with Crippen molar-refractivity contribution in [3.63, 3.8) is 0 Å². The van der Waals surface area contributed by atoms with E-state index in [1.807, 2.05) is 29.9 Å². The number of aromatic nitrogens is 2. The number of rotatable bonds is 5. The maximum absolute atomic E-state index is 12.8. The number of oxazole rings is 1. The van der Waals surface area contributed by atoms with Crippen molar-refractivity contribution in [1.82, 2.24) is 15.3 Å². The Balaban J connectivity index is 1.35. The maximum Gasteiger partial charge on any atom is 0.228 e. The van der Waals surface area contributed by atoms with E-state index in [9.17, 15) is 4.79 Å². The molecular weight excluding hydrogens is 404 g/mol. The Kier molecular flexibility index (Phi) is 5.85. The van der Waals surface area contributed by atoms with E-state index in [1.54, 1.807) is 22.7 Å². The Hall–Kier alpha value is -2.03. The van der Waals surface area contributed by atoms with Gasteiger partial charge >= 0.3 is 0 Å². The third kappa shape index (κ3) is 4.94. The molecule has 0 aliphatic carbocycles. The highest BCUT2D eigenvalue weighted by atomic mass is 32.1. The first-order valence-electron chi connectivity index (χ1n) is 9.86. The van der Waals surface area contributed by atoms with Gasteiger partial charge in [-0.05, 0) is 31.5 Å². The Morgan fingerprint density at radius 3 is 2.93 bits per heavy atom. The molecule has 8 heteroatoms. The fourth-order valence-electron chi connectivity index (χ4n) is 3.40. The SMILES string of the molecule is CC(C)(C)c1cnc(Cc2ccc(NC(=O)C3CCNC(c4nccs4)C3)s2)o1. The van der Waals surface area contributed by atoms with Crippen LogP contribution in [0.5, 0.6) is 0 Å². The lowest BCUT2D eigenvalue weighted by molar-refractivity contribution is -0.120. The molecule has 1 amide bonds. The molecule has 4 heterocycles. The summed E-state index contributed by atoms with van der Waals surface area (Å²) in [6.07, 6.45) is 5.88. The van der Waals surface area contributed by atoms with Crippen molar-refractivity contribution in [2.75, 3.05) is 11.9 Å². The molecule has 1 aliphatic heterocycles. The number of thiophene rings is 1. The number of piperidine rings is 1. The molecule has 6 nitrogen and oxygen atoms in total. The standard InChI is InChI=1S/C21H26N4O2S2/c1-21(2,3)16-12-24-17(27-16)11-14-4-5-18(29-14)25-19(26)13-6-7-22-15(10-13)20-23-8-9-28-20/h4-5,8-9,12-13,15,22H,6-7,10-11H2,1-3H3,(H,25,26). The fourth-order valence-corrected chi connectivity index (χ4v) is 5.03. The largest absolute Gasteiger partial charge is 0.445 e. The molecular formula is C21H26N4O2S2. The van der Waals surface area contributed by atoms with Gasteiger partial charge in [0.2, 0.25) is 5.91 Å². The van der Waals surface area contributed by atoms with Crippen molar-refractivity contribution >= 4 is 33.6 Å². The minimum atomic E-state index is -0.0504. The van der Waals surface area contributed by atoms with Gasteiger partial charge in [0.15, 0.2) is 5.89 Å². The minimum Gasteiger partial charge on any atom is -0.445 e. The van der Waals surface area contributed by atoms with Crippen LogP contribution in [0.25, 0.3) is 0 Å². The number of hydrogen-bond donors (Lipinski definition) is 2. The van der Waals surface area contributed by atoms with E-state index in [4.69, 9.17) is 4.42 Å². The molecule has 0 spiro atoms. The van der Waals surface area contributed by atoms with E-state index in [2.05, 4.69) is 41.4 Å². The van der Waals surface area contributed by atoms with Crippen LogP contribution in [0.4, 0.5) is 5.00 Å². The first-order valence-corrected chi connectivity index (χ1v) is 11.6. The summed E-state index contributed by atoms with van der Waals surface area (Å²) in [7, 11) is 0. The lowest BCUT2D eigenvalue weighted by Crippen LogP contribution is -2.37. The Labute approximate surface area is 178 Å². The van der Waals surface area contributed by atoms with E-state index in [0.29, 0.717) is 12.3 Å². The van der Waals surface area contributed by atoms with Crippen LogP contribution < -0.4 is 10.6 Å². The summed E-state index contributed by atoms with van der Waals surface area (Å²) in [6, 6.07) is 4.16. The first-order chi connectivity index (χ1) is 13.9. The Morgan fingerprint density at radius 1 is 1.34 bits per heavy atom. The summed E-state index contributed by atoms with van der Waals surface area (Å²) in [6.45, 7) is 7.15. The zero-order valence-corrected chi connectivity index (χ0v) is 18.5. The smallest absolute Gasteiger partial charge is 0.228 e. The average Bonchev–Trinajstić information content (AvgIpc) is 3.44. The number of carbonyl (C=O) groups is 1. The highest BCUT2D eigenvalue weighted by molar-refractivity contribution is 7.16. The van der Waals surface area contributed by atoms with Crippen LogP contribution in [0.2, 0.25) is 0 Å². The molecule has 3 aromatic heterocycles. The molecule has 154 valence electrons. The van der Waals surface area contributed by atoms with Gasteiger partial charge in [0, 0.05) is 27.8 Å². The van der Waals surface area contributed by atoms with Gasteiger partial charge in [-0.3, -0.25) is 4.79 Å². The molecule has 1 saturated heterocycles. The van der Waals surface area contributed by atoms with Gasteiger partial charge in [-0.1, -0.05) is 20.8 Å². The van der Waals surface area contributed by atoms with Gasteiger partial charge in [-0.2, -0.15) is 0 Å². The summed E-state index contributed by atoms with van der Waals surface area (Å²) in [5.41, 5.74) is -0.0504. The van der Waals surface area contributed by atoms with Crippen molar-refractivity contribution in [3.05, 3.63) is 51.4 Å². The second kappa shape index (κ2) is 8.38. The maximum atomic E-state index is 12.8. The number of amides is 1. The van der Waals surface area contributed by atoms with Gasteiger partial charge < -0.3 is 15.1 Å². The second-order valence-electron chi connectivity index (χ2n) is 8.40. The van der Waals surface area contributed by atoms with Gasteiger partial charge in [0.05, 0.1) is 23.7 Å². The monoisotopic (exact) mass is 430 g/mol. The van der Waals surface area contributed by atoms with Crippen molar-refractivity contribution in [3.8, 4) is 0 Å². The van der Waals surface area contributed by atoms with Gasteiger partial charge in [-0.25, -0.2) is 9.97 Å². The lowest BCUT2D eigenvalue weighted by Gasteiger charge is -2.28. The van der Waals surface area contributed by atoms with Gasteiger partial charge in [-0.15, -0.1) is 22.7 Å². The molecule has 0 bridgehead atoms. The van der Waals surface area contributed by atoms with Crippen LogP contribution >= 0.6 is 22.7 Å². The van der Waals surface area contributed by atoms with Crippen LogP contribution in [-0.2, 0) is 16.6 Å². The lowest BCUT2D eigenvalue weighted by atomic mass is 9.92. The quantitative estimate of drug-likeness (QED) is 0.610. The molecule has 2 unspecified atom stereocenters. The van der Waals surface area contributed by atoms with Crippen molar-refractivity contribution in [2.24, 2.45) is 5.92 Å². The molecule has 1 fully saturated rings. The fraction of sp³-hybridized carbons (Fsp3) is 0.476. The van der Waals surface area contributed by atoms with E-state index in [-0.39, 0.29) is 23.3 Å². The van der Waals surface area contributed by atoms with Crippen molar-refractivity contribution < 1.29 is 9.21 Å². The van der Waals surface area contributed by atoms with Crippen LogP contribution in [0.15, 0.2) is 34.3 Å². The summed E-state index contributed by atoms with van der Waals surface area (Å²) in [4.78, 5) is 22.7. The van der Waals surface area contributed by atoms with Crippen molar-refractivity contribution in [2.45, 2.75) is 51.5 Å². The molecule has 29 heavy (non-hydrogen) atoms. The first kappa shape index (κ1) is 20.3. The van der Waals surface area contributed by atoms with Gasteiger partial charge in [0.25, 0.3) is 0 Å². The zero-order chi connectivity index (χ0) is 20.4.